The van der Waals surface area contributed by atoms with E-state index in [1.165, 1.54) is 6.42 Å². The third-order valence-corrected chi connectivity index (χ3v) is 2.85. The maximum absolute atomic E-state index is 5.31. The number of nitrogens with zero attached hydrogens (tertiary/aromatic N) is 2. The van der Waals surface area contributed by atoms with Gasteiger partial charge in [0, 0.05) is 6.07 Å². The van der Waals surface area contributed by atoms with Gasteiger partial charge in [-0.25, -0.2) is 15.8 Å². The van der Waals surface area contributed by atoms with E-state index in [0.717, 1.165) is 22.5 Å². The lowest BCUT2D eigenvalue weighted by Gasteiger charge is -2.06. The van der Waals surface area contributed by atoms with Gasteiger partial charge in [-0.15, -0.1) is 11.8 Å². The summed E-state index contributed by atoms with van der Waals surface area (Å²) >= 11 is 1.75. The van der Waals surface area contributed by atoms with Crippen molar-refractivity contribution in [1.82, 2.24) is 9.97 Å². The van der Waals surface area contributed by atoms with E-state index in [1.807, 2.05) is 13.0 Å². The normalized spacial score (nSPS) is 10.7. The number of hydrogen-bond donors (Lipinski definition) is 2. The second-order valence-corrected chi connectivity index (χ2v) is 4.93. The first-order valence-corrected chi connectivity index (χ1v) is 6.05. The molecule has 0 fully saturated rings. The van der Waals surface area contributed by atoms with Gasteiger partial charge in [0.2, 0.25) is 0 Å². The number of nitrogens with one attached hydrogen (secondary N) is 1. The van der Waals surface area contributed by atoms with E-state index in [0.29, 0.717) is 5.82 Å². The predicted molar refractivity (Wildman–Crippen MR) is 64.8 cm³/mol. The van der Waals surface area contributed by atoms with Crippen molar-refractivity contribution in [2.75, 3.05) is 11.2 Å². The summed E-state index contributed by atoms with van der Waals surface area (Å²) in [6.45, 7) is 6.31. The molecule has 0 unspecified atom stereocenters. The van der Waals surface area contributed by atoms with E-state index in [9.17, 15) is 0 Å². The molecule has 1 aromatic rings. The maximum Gasteiger partial charge on any atom is 0.144 e. The summed E-state index contributed by atoms with van der Waals surface area (Å²) < 4.78 is 0. The van der Waals surface area contributed by atoms with Crippen molar-refractivity contribution < 1.29 is 0 Å². The van der Waals surface area contributed by atoms with Crippen LogP contribution in [0.2, 0.25) is 0 Å². The third kappa shape index (κ3) is 4.48. The van der Waals surface area contributed by atoms with Crippen LogP contribution < -0.4 is 11.3 Å². The molecule has 3 N–H and O–H groups in total. The summed E-state index contributed by atoms with van der Waals surface area (Å²) in [6.07, 6.45) is 1.19. The summed E-state index contributed by atoms with van der Waals surface area (Å²) in [6, 6.07) is 1.87. The van der Waals surface area contributed by atoms with Gasteiger partial charge in [-0.05, 0) is 25.0 Å². The molecule has 0 aliphatic rings. The van der Waals surface area contributed by atoms with Gasteiger partial charge in [-0.3, -0.25) is 0 Å². The highest BCUT2D eigenvalue weighted by Gasteiger charge is 2.02. The first kappa shape index (κ1) is 12.3. The summed E-state index contributed by atoms with van der Waals surface area (Å²) in [5.41, 5.74) is 2.54. The minimum atomic E-state index is 0.676. The Kier molecular flexibility index (Phi) is 4.84. The van der Waals surface area contributed by atoms with Gasteiger partial charge in [-0.1, -0.05) is 13.8 Å². The fraction of sp³-hybridized carbons (Fsp3) is 0.600. The van der Waals surface area contributed by atoms with Crippen molar-refractivity contribution >= 4 is 17.6 Å². The zero-order valence-electron chi connectivity index (χ0n) is 9.45. The highest BCUT2D eigenvalue weighted by molar-refractivity contribution is 7.99. The van der Waals surface area contributed by atoms with Crippen LogP contribution in [0.4, 0.5) is 5.82 Å². The fourth-order valence-electron chi connectivity index (χ4n) is 1.09. The van der Waals surface area contributed by atoms with Crippen LogP contribution in [0.3, 0.4) is 0 Å². The second kappa shape index (κ2) is 5.92. The molecule has 0 atom stereocenters. The van der Waals surface area contributed by atoms with Gasteiger partial charge in [0.1, 0.15) is 16.7 Å². The van der Waals surface area contributed by atoms with Crippen molar-refractivity contribution in [2.24, 2.45) is 11.8 Å². The molecule has 1 aromatic heterocycles. The number of rotatable bonds is 5. The Hall–Kier alpha value is -0.810. The monoisotopic (exact) mass is 226 g/mol. The van der Waals surface area contributed by atoms with Crippen LogP contribution in [0.1, 0.15) is 26.1 Å². The molecule has 0 aliphatic carbocycles. The van der Waals surface area contributed by atoms with Crippen LogP contribution in [0, 0.1) is 12.8 Å². The molecule has 0 saturated heterocycles. The van der Waals surface area contributed by atoms with Crippen LogP contribution >= 0.6 is 11.8 Å². The summed E-state index contributed by atoms with van der Waals surface area (Å²) in [7, 11) is 0. The van der Waals surface area contributed by atoms with E-state index >= 15 is 0 Å². The molecule has 5 heteroatoms. The van der Waals surface area contributed by atoms with Gasteiger partial charge in [0.15, 0.2) is 0 Å². The van der Waals surface area contributed by atoms with E-state index in [2.05, 4.69) is 29.2 Å². The molecule has 1 heterocycles. The molecule has 0 aliphatic heterocycles. The molecule has 0 radical (unpaired) electrons. The number of thioether (sulfide) groups is 1. The molecule has 4 nitrogen and oxygen atoms in total. The Labute approximate surface area is 95.0 Å². The Morgan fingerprint density at radius 1 is 1.47 bits per heavy atom. The van der Waals surface area contributed by atoms with Crippen molar-refractivity contribution in [3.63, 3.8) is 0 Å². The van der Waals surface area contributed by atoms with Crippen molar-refractivity contribution in [2.45, 2.75) is 32.2 Å². The van der Waals surface area contributed by atoms with E-state index in [4.69, 9.17) is 5.84 Å². The Morgan fingerprint density at radius 3 is 2.80 bits per heavy atom. The summed E-state index contributed by atoms with van der Waals surface area (Å²) in [5, 5.41) is 0.983. The fourth-order valence-corrected chi connectivity index (χ4v) is 2.28. The minimum Gasteiger partial charge on any atom is -0.308 e. The molecular weight excluding hydrogens is 208 g/mol. The number of hydrazine groups is 1. The largest absolute Gasteiger partial charge is 0.308 e. The summed E-state index contributed by atoms with van der Waals surface area (Å²) in [4.78, 5) is 8.47. The number of hydrogen-bond acceptors (Lipinski definition) is 5. The number of nitrogens with two attached hydrogens (primary N) is 1. The quantitative estimate of drug-likeness (QED) is 0.349. The smallest absolute Gasteiger partial charge is 0.144 e. The van der Waals surface area contributed by atoms with Crippen molar-refractivity contribution in [3.05, 3.63) is 11.9 Å². The lowest BCUT2D eigenvalue weighted by Crippen LogP contribution is -2.09. The molecule has 0 bridgehead atoms. The lowest BCUT2D eigenvalue weighted by atomic mass is 10.2. The van der Waals surface area contributed by atoms with Crippen LogP contribution in [0.5, 0.6) is 0 Å². The average Bonchev–Trinajstić information content (AvgIpc) is 2.16. The van der Waals surface area contributed by atoms with Gasteiger partial charge < -0.3 is 5.43 Å². The standard InChI is InChI=1S/C10H18N4S/c1-7(2)4-5-15-10-6-9(14-11)12-8(3)13-10/h6-7H,4-5,11H2,1-3H3,(H,12,13,14). The van der Waals surface area contributed by atoms with Gasteiger partial charge in [0.05, 0.1) is 0 Å². The van der Waals surface area contributed by atoms with Gasteiger partial charge in [-0.2, -0.15) is 0 Å². The first-order valence-electron chi connectivity index (χ1n) is 5.07. The van der Waals surface area contributed by atoms with Gasteiger partial charge >= 0.3 is 0 Å². The van der Waals surface area contributed by atoms with Crippen LogP contribution in [0.15, 0.2) is 11.1 Å². The van der Waals surface area contributed by atoms with Crippen LogP contribution in [-0.4, -0.2) is 15.7 Å². The lowest BCUT2D eigenvalue weighted by molar-refractivity contribution is 0.632. The molecule has 84 valence electrons. The summed E-state index contributed by atoms with van der Waals surface area (Å²) in [5.74, 6) is 8.55. The minimum absolute atomic E-state index is 0.676. The average molecular weight is 226 g/mol. The Bertz CT molecular complexity index is 314. The number of anilines is 1. The topological polar surface area (TPSA) is 63.8 Å². The molecular formula is C10H18N4S. The first-order chi connectivity index (χ1) is 7.11. The maximum atomic E-state index is 5.31. The number of nitrogen functional groups attached to an aromatic ring is 1. The SMILES string of the molecule is Cc1nc(NN)cc(SCCC(C)C)n1. The predicted octanol–water partition coefficient (Wildman–Crippen LogP) is 2.21. The van der Waals surface area contributed by atoms with Crippen molar-refractivity contribution in [3.8, 4) is 0 Å². The zero-order chi connectivity index (χ0) is 11.3. The molecule has 0 amide bonds. The van der Waals surface area contributed by atoms with Crippen LogP contribution in [0.25, 0.3) is 0 Å². The van der Waals surface area contributed by atoms with E-state index < -0.39 is 0 Å². The highest BCUT2D eigenvalue weighted by Crippen LogP contribution is 2.20. The molecule has 15 heavy (non-hydrogen) atoms. The van der Waals surface area contributed by atoms with Crippen LogP contribution in [-0.2, 0) is 0 Å². The highest BCUT2D eigenvalue weighted by atomic mass is 32.2. The van der Waals surface area contributed by atoms with Crippen molar-refractivity contribution in [1.29, 1.82) is 0 Å². The molecule has 0 spiro atoms. The molecule has 0 saturated carbocycles. The zero-order valence-corrected chi connectivity index (χ0v) is 10.3. The number of aromatic nitrogens is 2. The Balaban J connectivity index is 2.56. The Morgan fingerprint density at radius 2 is 2.20 bits per heavy atom. The van der Waals surface area contributed by atoms with Gasteiger partial charge in [0.25, 0.3) is 0 Å². The van der Waals surface area contributed by atoms with E-state index in [-0.39, 0.29) is 0 Å². The molecule has 1 rings (SSSR count). The second-order valence-electron chi connectivity index (χ2n) is 3.81. The van der Waals surface area contributed by atoms with E-state index in [1.54, 1.807) is 11.8 Å². The third-order valence-electron chi connectivity index (χ3n) is 1.91. The molecule has 0 aromatic carbocycles. The number of aryl methyl sites for hydroxylation is 1.